The van der Waals surface area contributed by atoms with Crippen LogP contribution in [0.1, 0.15) is 17.3 Å². The zero-order valence-corrected chi connectivity index (χ0v) is 9.63. The van der Waals surface area contributed by atoms with E-state index in [0.29, 0.717) is 23.4 Å². The third kappa shape index (κ3) is 1.67. The lowest BCUT2D eigenvalue weighted by Crippen LogP contribution is -2.16. The number of aromatic hydroxyl groups is 1. The smallest absolute Gasteiger partial charge is 0.204 e. The van der Waals surface area contributed by atoms with Crippen molar-refractivity contribution >= 4 is 21.7 Å². The first kappa shape index (κ1) is 10.3. The molecule has 1 aliphatic rings. The first-order valence-corrected chi connectivity index (χ1v) is 5.22. The zero-order valence-electron chi connectivity index (χ0n) is 8.04. The standard InChI is InChI=1S/C10H9BrO4/c1-5(12)8-6(11)4-7-10(9(8)13)15-3-2-14-7/h4,13H,2-3H2,1H3. The van der Waals surface area contributed by atoms with E-state index in [-0.39, 0.29) is 22.8 Å². The third-order valence-electron chi connectivity index (χ3n) is 2.11. The van der Waals surface area contributed by atoms with Crippen LogP contribution in [0.4, 0.5) is 0 Å². The molecule has 1 aliphatic heterocycles. The third-order valence-corrected chi connectivity index (χ3v) is 2.74. The molecular formula is C10H9BrO4. The topological polar surface area (TPSA) is 55.8 Å². The van der Waals surface area contributed by atoms with Gasteiger partial charge in [0.1, 0.15) is 13.2 Å². The van der Waals surface area contributed by atoms with Gasteiger partial charge < -0.3 is 14.6 Å². The van der Waals surface area contributed by atoms with Crippen molar-refractivity contribution < 1.29 is 19.4 Å². The van der Waals surface area contributed by atoms with Crippen molar-refractivity contribution in [2.45, 2.75) is 6.92 Å². The Morgan fingerprint density at radius 1 is 1.47 bits per heavy atom. The molecular weight excluding hydrogens is 264 g/mol. The second kappa shape index (κ2) is 3.73. The number of carbonyl (C=O) groups is 1. The Labute approximate surface area is 94.9 Å². The first-order valence-electron chi connectivity index (χ1n) is 4.43. The highest BCUT2D eigenvalue weighted by atomic mass is 79.9. The van der Waals surface area contributed by atoms with Crippen LogP contribution in [0.2, 0.25) is 0 Å². The van der Waals surface area contributed by atoms with Gasteiger partial charge in [0.15, 0.2) is 17.3 Å². The van der Waals surface area contributed by atoms with Gasteiger partial charge in [-0.25, -0.2) is 0 Å². The average Bonchev–Trinajstić information content (AvgIpc) is 2.17. The number of Topliss-reactive ketones (excluding diaryl/α,β-unsaturated/α-hetero) is 1. The second-order valence-corrected chi connectivity index (χ2v) is 4.02. The number of carbonyl (C=O) groups excluding carboxylic acids is 1. The normalized spacial score (nSPS) is 13.7. The molecule has 0 saturated heterocycles. The average molecular weight is 273 g/mol. The Balaban J connectivity index is 2.64. The van der Waals surface area contributed by atoms with E-state index in [2.05, 4.69) is 15.9 Å². The lowest BCUT2D eigenvalue weighted by Gasteiger charge is -2.20. The Hall–Kier alpha value is -1.23. The van der Waals surface area contributed by atoms with Crippen molar-refractivity contribution in [1.82, 2.24) is 0 Å². The quantitative estimate of drug-likeness (QED) is 0.796. The minimum atomic E-state index is -0.226. The summed E-state index contributed by atoms with van der Waals surface area (Å²) in [4.78, 5) is 11.3. The molecule has 15 heavy (non-hydrogen) atoms. The minimum Gasteiger partial charge on any atom is -0.504 e. The number of ketones is 1. The molecule has 0 atom stereocenters. The maximum Gasteiger partial charge on any atom is 0.204 e. The van der Waals surface area contributed by atoms with Crippen LogP contribution in [0.3, 0.4) is 0 Å². The van der Waals surface area contributed by atoms with Crippen LogP contribution in [-0.2, 0) is 0 Å². The number of ether oxygens (including phenoxy) is 2. The summed E-state index contributed by atoms with van der Waals surface area (Å²) in [5.41, 5.74) is 0.222. The van der Waals surface area contributed by atoms with Gasteiger partial charge in [-0.3, -0.25) is 4.79 Å². The van der Waals surface area contributed by atoms with Gasteiger partial charge in [-0.05, 0) is 28.9 Å². The summed E-state index contributed by atoms with van der Waals surface area (Å²) in [6.07, 6.45) is 0. The fraction of sp³-hybridized carbons (Fsp3) is 0.300. The first-order chi connectivity index (χ1) is 7.11. The Morgan fingerprint density at radius 3 is 2.80 bits per heavy atom. The van der Waals surface area contributed by atoms with Gasteiger partial charge in [-0.1, -0.05) is 0 Å². The number of rotatable bonds is 1. The summed E-state index contributed by atoms with van der Waals surface area (Å²) in [6, 6.07) is 1.63. The van der Waals surface area contributed by atoms with Crippen LogP contribution >= 0.6 is 15.9 Å². The van der Waals surface area contributed by atoms with E-state index in [1.807, 2.05) is 0 Å². The predicted octanol–water partition coefficient (Wildman–Crippen LogP) is 2.13. The van der Waals surface area contributed by atoms with Crippen molar-refractivity contribution in [3.8, 4) is 17.2 Å². The lowest BCUT2D eigenvalue weighted by atomic mass is 10.1. The van der Waals surface area contributed by atoms with Crippen LogP contribution < -0.4 is 9.47 Å². The van der Waals surface area contributed by atoms with Gasteiger partial charge in [0.25, 0.3) is 0 Å². The van der Waals surface area contributed by atoms with E-state index in [1.165, 1.54) is 6.92 Å². The number of benzene rings is 1. The van der Waals surface area contributed by atoms with E-state index in [1.54, 1.807) is 6.07 Å². The summed E-state index contributed by atoms with van der Waals surface area (Å²) >= 11 is 3.21. The van der Waals surface area contributed by atoms with Crippen molar-refractivity contribution in [3.05, 3.63) is 16.1 Å². The van der Waals surface area contributed by atoms with E-state index < -0.39 is 0 Å². The highest BCUT2D eigenvalue weighted by molar-refractivity contribution is 9.10. The Bertz CT molecular complexity index is 428. The van der Waals surface area contributed by atoms with Gasteiger partial charge in [0.2, 0.25) is 5.75 Å². The molecule has 0 bridgehead atoms. The molecule has 5 heteroatoms. The molecule has 4 nitrogen and oxygen atoms in total. The maximum atomic E-state index is 11.3. The summed E-state index contributed by atoms with van der Waals surface area (Å²) < 4.78 is 11.1. The number of phenols is 1. The molecule has 0 radical (unpaired) electrons. The zero-order chi connectivity index (χ0) is 11.0. The SMILES string of the molecule is CC(=O)c1c(Br)cc2c(c1O)OCCO2. The van der Waals surface area contributed by atoms with Gasteiger partial charge in [-0.2, -0.15) is 0 Å². The number of halogens is 1. The summed E-state index contributed by atoms with van der Waals surface area (Å²) in [7, 11) is 0. The van der Waals surface area contributed by atoms with Crippen LogP contribution in [0.15, 0.2) is 10.5 Å². The maximum absolute atomic E-state index is 11.3. The van der Waals surface area contributed by atoms with Gasteiger partial charge in [0, 0.05) is 4.47 Å². The highest BCUT2D eigenvalue weighted by Crippen LogP contribution is 2.44. The van der Waals surface area contributed by atoms with E-state index >= 15 is 0 Å². The van der Waals surface area contributed by atoms with Crippen molar-refractivity contribution in [2.75, 3.05) is 13.2 Å². The van der Waals surface area contributed by atoms with Crippen molar-refractivity contribution in [1.29, 1.82) is 0 Å². The van der Waals surface area contributed by atoms with Gasteiger partial charge in [-0.15, -0.1) is 0 Å². The molecule has 80 valence electrons. The van der Waals surface area contributed by atoms with E-state index in [4.69, 9.17) is 9.47 Å². The molecule has 1 heterocycles. The lowest BCUT2D eigenvalue weighted by molar-refractivity contribution is 0.101. The largest absolute Gasteiger partial charge is 0.504 e. The number of phenolic OH excluding ortho intramolecular Hbond substituents is 1. The van der Waals surface area contributed by atoms with Crippen molar-refractivity contribution in [3.63, 3.8) is 0 Å². The molecule has 1 aromatic rings. The van der Waals surface area contributed by atoms with Crippen LogP contribution in [0, 0.1) is 0 Å². The van der Waals surface area contributed by atoms with Crippen LogP contribution in [0.25, 0.3) is 0 Å². The number of hydrogen-bond acceptors (Lipinski definition) is 4. The molecule has 1 N–H and O–H groups in total. The monoisotopic (exact) mass is 272 g/mol. The Morgan fingerprint density at radius 2 is 2.13 bits per heavy atom. The molecule has 0 unspecified atom stereocenters. The number of fused-ring (bicyclic) bond motifs is 1. The van der Waals surface area contributed by atoms with Crippen molar-refractivity contribution in [2.24, 2.45) is 0 Å². The fourth-order valence-corrected chi connectivity index (χ4v) is 2.15. The molecule has 0 amide bonds. The predicted molar refractivity (Wildman–Crippen MR) is 56.8 cm³/mol. The molecule has 0 aliphatic carbocycles. The molecule has 0 spiro atoms. The van der Waals surface area contributed by atoms with Crippen LogP contribution in [0.5, 0.6) is 17.2 Å². The Kier molecular flexibility index (Phi) is 2.56. The molecule has 0 aromatic heterocycles. The second-order valence-electron chi connectivity index (χ2n) is 3.16. The van der Waals surface area contributed by atoms with E-state index in [9.17, 15) is 9.90 Å². The highest BCUT2D eigenvalue weighted by Gasteiger charge is 2.23. The molecule has 0 fully saturated rings. The number of hydrogen-bond donors (Lipinski definition) is 1. The van der Waals surface area contributed by atoms with Gasteiger partial charge >= 0.3 is 0 Å². The molecule has 1 aromatic carbocycles. The minimum absolute atomic E-state index is 0.161. The summed E-state index contributed by atoms with van der Waals surface area (Å²) in [5.74, 6) is 0.313. The molecule has 2 rings (SSSR count). The van der Waals surface area contributed by atoms with Crippen LogP contribution in [-0.4, -0.2) is 24.1 Å². The summed E-state index contributed by atoms with van der Waals surface area (Å²) in [5, 5.41) is 9.83. The summed E-state index contributed by atoms with van der Waals surface area (Å²) in [6.45, 7) is 2.20. The fourth-order valence-electron chi connectivity index (χ4n) is 1.47. The van der Waals surface area contributed by atoms with E-state index in [0.717, 1.165) is 0 Å². The van der Waals surface area contributed by atoms with Gasteiger partial charge in [0.05, 0.1) is 5.56 Å². The molecule has 0 saturated carbocycles.